The molecule has 0 aromatic rings. The Morgan fingerprint density at radius 1 is 1.13 bits per heavy atom. The molecule has 0 saturated heterocycles. The summed E-state index contributed by atoms with van der Waals surface area (Å²) in [5, 5.41) is 0. The summed E-state index contributed by atoms with van der Waals surface area (Å²) >= 11 is 0. The minimum absolute atomic E-state index is 0.223. The van der Waals surface area contributed by atoms with Crippen LogP contribution in [0.15, 0.2) is 11.8 Å². The Bertz CT molecular complexity index is 211. The SMILES string of the molecule is CCOC(=O)C=C(OCC)C(C)OCC. The van der Waals surface area contributed by atoms with Crippen molar-refractivity contribution in [1.82, 2.24) is 0 Å². The Morgan fingerprint density at radius 3 is 2.20 bits per heavy atom. The van der Waals surface area contributed by atoms with E-state index in [1.165, 1.54) is 6.08 Å². The molecule has 4 heteroatoms. The second-order valence-electron chi connectivity index (χ2n) is 2.83. The second kappa shape index (κ2) is 8.29. The topological polar surface area (TPSA) is 44.8 Å². The van der Waals surface area contributed by atoms with Crippen molar-refractivity contribution in [2.24, 2.45) is 0 Å². The first kappa shape index (κ1) is 14.0. The van der Waals surface area contributed by atoms with E-state index in [0.29, 0.717) is 25.6 Å². The summed E-state index contributed by atoms with van der Waals surface area (Å²) in [5.41, 5.74) is 0. The van der Waals surface area contributed by atoms with Gasteiger partial charge in [0, 0.05) is 6.61 Å². The molecule has 0 fully saturated rings. The lowest BCUT2D eigenvalue weighted by Gasteiger charge is -2.15. The molecule has 1 atom stereocenters. The van der Waals surface area contributed by atoms with Crippen molar-refractivity contribution < 1.29 is 19.0 Å². The van der Waals surface area contributed by atoms with Crippen LogP contribution < -0.4 is 0 Å². The van der Waals surface area contributed by atoms with Gasteiger partial charge in [-0.15, -0.1) is 0 Å². The third kappa shape index (κ3) is 6.12. The van der Waals surface area contributed by atoms with E-state index in [0.717, 1.165) is 0 Å². The van der Waals surface area contributed by atoms with Crippen LogP contribution in [0.3, 0.4) is 0 Å². The van der Waals surface area contributed by atoms with E-state index in [4.69, 9.17) is 14.2 Å². The molecule has 0 aromatic heterocycles. The monoisotopic (exact) mass is 216 g/mol. The van der Waals surface area contributed by atoms with Gasteiger partial charge in [-0.2, -0.15) is 0 Å². The minimum atomic E-state index is -0.396. The summed E-state index contributed by atoms with van der Waals surface area (Å²) in [6.07, 6.45) is 1.12. The van der Waals surface area contributed by atoms with Gasteiger partial charge >= 0.3 is 5.97 Å². The predicted octanol–water partition coefficient (Wildman–Crippen LogP) is 1.89. The normalized spacial score (nSPS) is 13.5. The fourth-order valence-electron chi connectivity index (χ4n) is 1.08. The van der Waals surface area contributed by atoms with Gasteiger partial charge in [-0.25, -0.2) is 4.79 Å². The average Bonchev–Trinajstić information content (AvgIpc) is 2.18. The van der Waals surface area contributed by atoms with Crippen LogP contribution in [0.25, 0.3) is 0 Å². The Morgan fingerprint density at radius 2 is 1.73 bits per heavy atom. The van der Waals surface area contributed by atoms with Crippen molar-refractivity contribution in [3.8, 4) is 0 Å². The van der Waals surface area contributed by atoms with Gasteiger partial charge in [0.1, 0.15) is 11.9 Å². The van der Waals surface area contributed by atoms with Gasteiger partial charge in [-0.3, -0.25) is 0 Å². The average molecular weight is 216 g/mol. The van der Waals surface area contributed by atoms with Crippen molar-refractivity contribution in [2.75, 3.05) is 19.8 Å². The Hall–Kier alpha value is -1.03. The van der Waals surface area contributed by atoms with Gasteiger partial charge in [0.05, 0.1) is 19.3 Å². The fraction of sp³-hybridized carbons (Fsp3) is 0.727. The van der Waals surface area contributed by atoms with Crippen LogP contribution in [0.2, 0.25) is 0 Å². The van der Waals surface area contributed by atoms with Gasteiger partial charge in [-0.05, 0) is 27.7 Å². The van der Waals surface area contributed by atoms with Crippen molar-refractivity contribution in [3.05, 3.63) is 11.8 Å². The molecular formula is C11H20O4. The maximum absolute atomic E-state index is 11.2. The van der Waals surface area contributed by atoms with Crippen LogP contribution in [0.4, 0.5) is 0 Å². The second-order valence-corrected chi connectivity index (χ2v) is 2.83. The van der Waals surface area contributed by atoms with Crippen LogP contribution in [0.1, 0.15) is 27.7 Å². The third-order valence-corrected chi connectivity index (χ3v) is 1.68. The Balaban J connectivity index is 4.41. The van der Waals surface area contributed by atoms with Crippen LogP contribution in [0.5, 0.6) is 0 Å². The highest BCUT2D eigenvalue weighted by atomic mass is 16.5. The molecule has 0 amide bonds. The summed E-state index contributed by atoms with van der Waals surface area (Å²) in [4.78, 5) is 11.2. The molecular weight excluding hydrogens is 196 g/mol. The number of hydrogen-bond acceptors (Lipinski definition) is 4. The molecule has 4 nitrogen and oxygen atoms in total. The smallest absolute Gasteiger partial charge is 0.334 e. The number of rotatable bonds is 7. The summed E-state index contributed by atoms with van der Waals surface area (Å²) in [7, 11) is 0. The largest absolute Gasteiger partial charge is 0.495 e. The lowest BCUT2D eigenvalue weighted by atomic mass is 10.3. The molecule has 0 saturated carbocycles. The number of carbonyl (C=O) groups excluding carboxylic acids is 1. The molecule has 0 rings (SSSR count). The molecule has 0 aliphatic carbocycles. The van der Waals surface area contributed by atoms with E-state index in [1.807, 2.05) is 20.8 Å². The lowest BCUT2D eigenvalue weighted by molar-refractivity contribution is -0.137. The summed E-state index contributed by atoms with van der Waals surface area (Å²) in [6.45, 7) is 8.79. The van der Waals surface area contributed by atoms with Crippen LogP contribution >= 0.6 is 0 Å². The summed E-state index contributed by atoms with van der Waals surface area (Å²) < 4.78 is 15.4. The zero-order valence-electron chi connectivity index (χ0n) is 9.91. The fourth-order valence-corrected chi connectivity index (χ4v) is 1.08. The van der Waals surface area contributed by atoms with Gasteiger partial charge in [0.15, 0.2) is 0 Å². The van der Waals surface area contributed by atoms with E-state index in [9.17, 15) is 4.79 Å². The van der Waals surface area contributed by atoms with Gasteiger partial charge < -0.3 is 14.2 Å². The van der Waals surface area contributed by atoms with Crippen molar-refractivity contribution in [1.29, 1.82) is 0 Å². The Kier molecular flexibility index (Phi) is 7.72. The highest BCUT2D eigenvalue weighted by Gasteiger charge is 2.12. The molecule has 0 N–H and O–H groups in total. The molecule has 88 valence electrons. The molecule has 0 heterocycles. The molecule has 0 radical (unpaired) electrons. The first-order valence-electron chi connectivity index (χ1n) is 5.28. The van der Waals surface area contributed by atoms with E-state index >= 15 is 0 Å². The van der Waals surface area contributed by atoms with Crippen LogP contribution in [-0.4, -0.2) is 31.9 Å². The highest BCUT2D eigenvalue weighted by Crippen LogP contribution is 2.08. The minimum Gasteiger partial charge on any atom is -0.495 e. The van der Waals surface area contributed by atoms with E-state index in [2.05, 4.69) is 0 Å². The molecule has 0 spiro atoms. The molecule has 0 bridgehead atoms. The number of carbonyl (C=O) groups is 1. The zero-order valence-corrected chi connectivity index (χ0v) is 9.91. The van der Waals surface area contributed by atoms with Crippen LogP contribution in [0, 0.1) is 0 Å². The summed E-state index contributed by atoms with van der Waals surface area (Å²) in [5.74, 6) is 0.116. The molecule has 0 aliphatic heterocycles. The lowest BCUT2D eigenvalue weighted by Crippen LogP contribution is -2.16. The number of hydrogen-bond donors (Lipinski definition) is 0. The molecule has 0 aliphatic rings. The molecule has 1 unspecified atom stereocenters. The third-order valence-electron chi connectivity index (χ3n) is 1.68. The van der Waals surface area contributed by atoms with Crippen molar-refractivity contribution in [2.45, 2.75) is 33.8 Å². The first-order chi connectivity index (χ1) is 7.15. The van der Waals surface area contributed by atoms with E-state index < -0.39 is 5.97 Å². The summed E-state index contributed by atoms with van der Waals surface area (Å²) in [6, 6.07) is 0. The van der Waals surface area contributed by atoms with Crippen molar-refractivity contribution in [3.63, 3.8) is 0 Å². The van der Waals surface area contributed by atoms with E-state index in [-0.39, 0.29) is 6.10 Å². The maximum Gasteiger partial charge on any atom is 0.334 e. The van der Waals surface area contributed by atoms with Gasteiger partial charge in [0.25, 0.3) is 0 Å². The Labute approximate surface area is 91.2 Å². The van der Waals surface area contributed by atoms with Gasteiger partial charge in [0.2, 0.25) is 0 Å². The quantitative estimate of drug-likeness (QED) is 0.370. The van der Waals surface area contributed by atoms with Crippen LogP contribution in [-0.2, 0) is 19.0 Å². The highest BCUT2D eigenvalue weighted by molar-refractivity contribution is 5.82. The maximum atomic E-state index is 11.2. The number of ether oxygens (including phenoxy) is 3. The van der Waals surface area contributed by atoms with E-state index in [1.54, 1.807) is 6.92 Å². The zero-order chi connectivity index (χ0) is 11.7. The first-order valence-corrected chi connectivity index (χ1v) is 5.28. The number of esters is 1. The molecule has 15 heavy (non-hydrogen) atoms. The standard InChI is InChI=1S/C11H20O4/c1-5-13-9(4)10(14-6-2)8-11(12)15-7-3/h8-9H,5-7H2,1-4H3. The van der Waals surface area contributed by atoms with Crippen molar-refractivity contribution >= 4 is 5.97 Å². The predicted molar refractivity (Wildman–Crippen MR) is 57.4 cm³/mol. The van der Waals surface area contributed by atoms with Gasteiger partial charge in [-0.1, -0.05) is 0 Å². The molecule has 0 aromatic carbocycles.